The van der Waals surface area contributed by atoms with Crippen molar-refractivity contribution in [2.45, 2.75) is 56.1 Å². The van der Waals surface area contributed by atoms with Crippen LogP contribution in [-0.4, -0.2) is 74.0 Å². The molecule has 9 heteroatoms. The maximum Gasteiger partial charge on any atom is 0.207 e. The molecule has 5 aliphatic rings. The average molecular weight is 560 g/mol. The summed E-state index contributed by atoms with van der Waals surface area (Å²) in [5.74, 6) is 9.70. The summed E-state index contributed by atoms with van der Waals surface area (Å²) < 4.78 is 16.7. The van der Waals surface area contributed by atoms with Gasteiger partial charge in [0.1, 0.15) is 17.0 Å². The van der Waals surface area contributed by atoms with E-state index in [1.807, 2.05) is 12.1 Å². The third-order valence-corrected chi connectivity index (χ3v) is 9.57. The van der Waals surface area contributed by atoms with E-state index in [1.54, 1.807) is 12.1 Å². The van der Waals surface area contributed by atoms with E-state index in [1.165, 1.54) is 6.07 Å². The number of halogens is 1. The van der Waals surface area contributed by atoms with E-state index in [4.69, 9.17) is 11.4 Å². The number of terminal acetylenes is 1. The number of aromatic nitrogens is 4. The normalized spacial score (nSPS) is 22.7. The molecule has 5 fully saturated rings. The van der Waals surface area contributed by atoms with Crippen molar-refractivity contribution in [2.75, 3.05) is 31.1 Å². The maximum absolute atomic E-state index is 16.7. The minimum absolute atomic E-state index is 0.0170. The molecule has 4 aromatic rings. The number of fused-ring (bicyclic) bond motifs is 6. The van der Waals surface area contributed by atoms with Gasteiger partial charge >= 0.3 is 0 Å². The predicted octanol–water partition coefficient (Wildman–Crippen LogP) is 3.99. The number of nitrogens with zero attached hydrogens (tertiary/aromatic N) is 6. The Bertz CT molecular complexity index is 1850. The van der Waals surface area contributed by atoms with Gasteiger partial charge in [-0.3, -0.25) is 4.90 Å². The standard InChI is InChI=1S/C33H30FN7O/c1-2-20-6-3-7-21-16-24(42)17-25(27(20)21)29-28(34)30-31(39-38-29)32(41-19-22-8-9-23(41)18-35-22)37-26(36-30)10-13-33-11-4-14-40(33)15-5-12-33/h1,3,6-7,16-17,22-23,35,42H,4-5,8-9,11-12,14-15,18-19H2/t22-,23-/m0/s1. The number of piperazine rings is 1. The molecule has 0 radical (unpaired) electrons. The molecule has 2 atom stereocenters. The number of anilines is 1. The van der Waals surface area contributed by atoms with E-state index in [0.29, 0.717) is 45.1 Å². The number of nitrogens with one attached hydrogen (secondary N) is 1. The minimum atomic E-state index is -0.632. The van der Waals surface area contributed by atoms with Crippen molar-refractivity contribution in [3.8, 4) is 41.2 Å². The highest BCUT2D eigenvalue weighted by Gasteiger charge is 2.43. The van der Waals surface area contributed by atoms with Crippen LogP contribution in [0.5, 0.6) is 5.75 Å². The second-order valence-electron chi connectivity index (χ2n) is 11.9. The third kappa shape index (κ3) is 3.92. The lowest BCUT2D eigenvalue weighted by Crippen LogP contribution is -2.61. The number of rotatable bonds is 2. The average Bonchev–Trinajstić information content (AvgIpc) is 3.60. The smallest absolute Gasteiger partial charge is 0.207 e. The largest absolute Gasteiger partial charge is 0.508 e. The van der Waals surface area contributed by atoms with Gasteiger partial charge in [0.25, 0.3) is 0 Å². The van der Waals surface area contributed by atoms with Crippen molar-refractivity contribution >= 4 is 27.6 Å². The summed E-state index contributed by atoms with van der Waals surface area (Å²) in [6, 6.07) is 9.08. The summed E-state index contributed by atoms with van der Waals surface area (Å²) in [7, 11) is 0. The molecule has 42 heavy (non-hydrogen) atoms. The molecule has 210 valence electrons. The van der Waals surface area contributed by atoms with Gasteiger partial charge in [-0.25, -0.2) is 14.4 Å². The number of hydrogen-bond acceptors (Lipinski definition) is 8. The van der Waals surface area contributed by atoms with E-state index >= 15 is 4.39 Å². The van der Waals surface area contributed by atoms with E-state index in [-0.39, 0.29) is 28.5 Å². The fourth-order valence-corrected chi connectivity index (χ4v) is 7.54. The Morgan fingerprint density at radius 2 is 1.93 bits per heavy atom. The van der Waals surface area contributed by atoms with Crippen molar-refractivity contribution in [3.63, 3.8) is 0 Å². The van der Waals surface area contributed by atoms with Gasteiger partial charge in [-0.05, 0) is 81.1 Å². The van der Waals surface area contributed by atoms with Crippen molar-refractivity contribution in [1.82, 2.24) is 30.4 Å². The van der Waals surface area contributed by atoms with Gasteiger partial charge in [-0.2, -0.15) is 0 Å². The molecule has 0 saturated carbocycles. The zero-order valence-electron chi connectivity index (χ0n) is 23.2. The van der Waals surface area contributed by atoms with Gasteiger partial charge in [0.05, 0.1) is 5.54 Å². The van der Waals surface area contributed by atoms with Gasteiger partial charge in [0, 0.05) is 41.7 Å². The SMILES string of the molecule is C#Cc1cccc2cc(O)cc(-c3nnc4c(N5C[C@@H]6CC[C@H]5CN6)nc(C#CC56CCCN5CCC6)nc4c3F)c12. The number of piperidine rings is 2. The highest BCUT2D eigenvalue weighted by molar-refractivity contribution is 6.02. The number of benzene rings is 2. The molecule has 5 aliphatic heterocycles. The molecule has 0 unspecified atom stereocenters. The van der Waals surface area contributed by atoms with E-state index in [0.717, 1.165) is 64.7 Å². The fraction of sp³-hybridized carbons (Fsp3) is 0.394. The number of phenolic OH excluding ortho intramolecular Hbond substituents is 1. The molecule has 7 heterocycles. The molecule has 2 aromatic heterocycles. The van der Waals surface area contributed by atoms with Crippen molar-refractivity contribution in [1.29, 1.82) is 0 Å². The van der Waals surface area contributed by atoms with Crippen LogP contribution < -0.4 is 10.2 Å². The maximum atomic E-state index is 16.7. The van der Waals surface area contributed by atoms with E-state index in [9.17, 15) is 5.11 Å². The van der Waals surface area contributed by atoms with Crippen LogP contribution in [0, 0.1) is 30.0 Å². The Balaban J connectivity index is 1.34. The lowest BCUT2D eigenvalue weighted by atomic mass is 9.93. The second kappa shape index (κ2) is 9.62. The summed E-state index contributed by atoms with van der Waals surface area (Å²) in [4.78, 5) is 14.3. The Morgan fingerprint density at radius 3 is 2.67 bits per heavy atom. The molecule has 0 amide bonds. The Hall–Kier alpha value is -4.31. The van der Waals surface area contributed by atoms with E-state index < -0.39 is 5.82 Å². The van der Waals surface area contributed by atoms with Gasteiger partial charge in [-0.15, -0.1) is 16.6 Å². The Morgan fingerprint density at radius 1 is 1.07 bits per heavy atom. The zero-order chi connectivity index (χ0) is 28.4. The van der Waals surface area contributed by atoms with Crippen molar-refractivity contribution < 1.29 is 9.50 Å². The second-order valence-corrected chi connectivity index (χ2v) is 11.9. The topological polar surface area (TPSA) is 90.3 Å². The highest BCUT2D eigenvalue weighted by Crippen LogP contribution is 2.39. The van der Waals surface area contributed by atoms with Crippen LogP contribution >= 0.6 is 0 Å². The van der Waals surface area contributed by atoms with Gasteiger partial charge in [-0.1, -0.05) is 24.0 Å². The molecule has 9 rings (SSSR count). The fourth-order valence-electron chi connectivity index (χ4n) is 7.54. The van der Waals surface area contributed by atoms with Crippen LogP contribution in [0.1, 0.15) is 49.9 Å². The summed E-state index contributed by atoms with van der Waals surface area (Å²) in [5, 5.41) is 24.3. The third-order valence-electron chi connectivity index (χ3n) is 9.57. The van der Waals surface area contributed by atoms with Crippen LogP contribution in [0.25, 0.3) is 33.1 Å². The predicted molar refractivity (Wildman–Crippen MR) is 159 cm³/mol. The highest BCUT2D eigenvalue weighted by atomic mass is 19.1. The molecule has 0 aliphatic carbocycles. The first kappa shape index (κ1) is 25.4. The Kier molecular flexibility index (Phi) is 5.82. The van der Waals surface area contributed by atoms with Gasteiger partial charge in [0.15, 0.2) is 17.2 Å². The number of phenols is 1. The molecule has 2 N–H and O–H groups in total. The first-order chi connectivity index (χ1) is 20.5. The minimum Gasteiger partial charge on any atom is -0.508 e. The molecule has 8 nitrogen and oxygen atoms in total. The zero-order valence-corrected chi connectivity index (χ0v) is 23.2. The summed E-state index contributed by atoms with van der Waals surface area (Å²) >= 11 is 0. The first-order valence-corrected chi connectivity index (χ1v) is 14.8. The van der Waals surface area contributed by atoms with Crippen LogP contribution in [-0.2, 0) is 0 Å². The van der Waals surface area contributed by atoms with Crippen LogP contribution in [0.4, 0.5) is 10.2 Å². The van der Waals surface area contributed by atoms with Crippen molar-refractivity contribution in [2.24, 2.45) is 0 Å². The molecular weight excluding hydrogens is 529 g/mol. The van der Waals surface area contributed by atoms with Gasteiger partial charge in [0.2, 0.25) is 5.82 Å². The number of aromatic hydroxyl groups is 1. The molecule has 5 saturated heterocycles. The Labute approximate surface area is 243 Å². The van der Waals surface area contributed by atoms with Crippen LogP contribution in [0.2, 0.25) is 0 Å². The molecule has 2 aromatic carbocycles. The summed E-state index contributed by atoms with van der Waals surface area (Å²) in [6.07, 6.45) is 12.3. The number of hydrogen-bond donors (Lipinski definition) is 2. The molecule has 0 spiro atoms. The molecule has 2 bridgehead atoms. The first-order valence-electron chi connectivity index (χ1n) is 14.8. The van der Waals surface area contributed by atoms with Crippen LogP contribution in [0.3, 0.4) is 0 Å². The quantitative estimate of drug-likeness (QED) is 0.357. The lowest BCUT2D eigenvalue weighted by Gasteiger charge is -2.46. The van der Waals surface area contributed by atoms with Gasteiger partial charge < -0.3 is 15.3 Å². The van der Waals surface area contributed by atoms with E-state index in [2.05, 4.69) is 48.1 Å². The monoisotopic (exact) mass is 559 g/mol. The molecular formula is C33H30FN7O. The summed E-state index contributed by atoms with van der Waals surface area (Å²) in [6.45, 7) is 3.73. The summed E-state index contributed by atoms with van der Waals surface area (Å²) in [5.41, 5.74) is 1.17. The lowest BCUT2D eigenvalue weighted by molar-refractivity contribution is 0.261. The van der Waals surface area contributed by atoms with Crippen molar-refractivity contribution in [3.05, 3.63) is 47.5 Å². The van der Waals surface area contributed by atoms with Crippen LogP contribution in [0.15, 0.2) is 30.3 Å².